The Morgan fingerprint density at radius 3 is 2.47 bits per heavy atom. The van der Waals surface area contributed by atoms with E-state index in [0.717, 1.165) is 11.1 Å². The third-order valence-electron chi connectivity index (χ3n) is 6.39. The van der Waals surface area contributed by atoms with Crippen molar-refractivity contribution in [3.05, 3.63) is 70.8 Å². The first-order valence-corrected chi connectivity index (χ1v) is 11.4. The second-order valence-electron chi connectivity index (χ2n) is 9.45. The molecule has 0 aromatic heterocycles. The van der Waals surface area contributed by atoms with E-state index >= 15 is 0 Å². The molecule has 2 aliphatic rings. The van der Waals surface area contributed by atoms with Crippen molar-refractivity contribution in [2.24, 2.45) is 0 Å². The largest absolute Gasteiger partial charge is 0.370 e. The maximum atomic E-state index is 14.2. The van der Waals surface area contributed by atoms with E-state index in [0.29, 0.717) is 0 Å². The first-order valence-electron chi connectivity index (χ1n) is 11.4. The van der Waals surface area contributed by atoms with Crippen molar-refractivity contribution in [1.29, 1.82) is 0 Å². The number of likely N-dealkylation sites (N-methyl/N-ethyl adjacent to an activating group) is 1. The summed E-state index contributed by atoms with van der Waals surface area (Å²) in [6.07, 6.45) is -1.27. The summed E-state index contributed by atoms with van der Waals surface area (Å²) in [4.78, 5) is 13.1. The van der Waals surface area contributed by atoms with Gasteiger partial charge < -0.3 is 24.3 Å². The molecule has 1 heterocycles. The molecule has 0 bridgehead atoms. The van der Waals surface area contributed by atoms with Crippen LogP contribution in [-0.2, 0) is 37.0 Å². The van der Waals surface area contributed by atoms with Gasteiger partial charge in [0, 0.05) is 25.5 Å². The number of carbonyl (C=O) groups is 1. The van der Waals surface area contributed by atoms with Crippen molar-refractivity contribution >= 4 is 5.91 Å². The molecule has 1 unspecified atom stereocenters. The number of aryl methyl sites for hydroxylation is 1. The molecule has 1 amide bonds. The van der Waals surface area contributed by atoms with E-state index in [-0.39, 0.29) is 37.5 Å². The molecule has 184 valence electrons. The molecule has 8 heteroatoms. The zero-order chi connectivity index (χ0) is 24.5. The average Bonchev–Trinajstić information content (AvgIpc) is 3.10. The Kier molecular flexibility index (Phi) is 7.05. The molecule has 1 aliphatic heterocycles. The van der Waals surface area contributed by atoms with Gasteiger partial charge in [-0.05, 0) is 38.5 Å². The third kappa shape index (κ3) is 5.15. The van der Waals surface area contributed by atoms with E-state index in [4.69, 9.17) is 18.9 Å². The van der Waals surface area contributed by atoms with Crippen molar-refractivity contribution < 1.29 is 32.5 Å². The zero-order valence-corrected chi connectivity index (χ0v) is 19.9. The summed E-state index contributed by atoms with van der Waals surface area (Å²) in [5.74, 6) is -2.58. The fourth-order valence-corrected chi connectivity index (χ4v) is 4.82. The van der Waals surface area contributed by atoms with Gasteiger partial charge in [-0.25, -0.2) is 8.78 Å². The maximum Gasteiger partial charge on any atom is 0.252 e. The molecule has 4 atom stereocenters. The minimum Gasteiger partial charge on any atom is -0.370 e. The van der Waals surface area contributed by atoms with E-state index in [1.807, 2.05) is 31.2 Å². The van der Waals surface area contributed by atoms with Crippen molar-refractivity contribution in [2.75, 3.05) is 7.05 Å². The Bertz CT molecular complexity index is 1030. The second-order valence-corrected chi connectivity index (χ2v) is 9.45. The molecule has 34 heavy (non-hydrogen) atoms. The van der Waals surface area contributed by atoms with Gasteiger partial charge in [-0.2, -0.15) is 0 Å². The summed E-state index contributed by atoms with van der Waals surface area (Å²) in [6, 6.07) is 11.5. The minimum absolute atomic E-state index is 0.148. The van der Waals surface area contributed by atoms with Crippen LogP contribution < -0.4 is 5.32 Å². The number of hydrogen-bond donors (Lipinski definition) is 1. The Balaban J connectivity index is 1.60. The molecule has 1 saturated carbocycles. The lowest BCUT2D eigenvalue weighted by Gasteiger charge is -2.43. The minimum atomic E-state index is -1.26. The van der Waals surface area contributed by atoms with Crippen LogP contribution in [0.5, 0.6) is 0 Å². The molecular weight excluding hydrogens is 444 g/mol. The Morgan fingerprint density at radius 2 is 1.79 bits per heavy atom. The summed E-state index contributed by atoms with van der Waals surface area (Å²) in [6.45, 7) is 5.46. The van der Waals surface area contributed by atoms with Crippen LogP contribution in [0.4, 0.5) is 8.78 Å². The van der Waals surface area contributed by atoms with Gasteiger partial charge in [-0.3, -0.25) is 4.79 Å². The molecular formula is C26H31F2NO5. The van der Waals surface area contributed by atoms with Crippen molar-refractivity contribution in [1.82, 2.24) is 5.32 Å². The highest BCUT2D eigenvalue weighted by molar-refractivity contribution is 5.85. The molecule has 1 saturated heterocycles. The van der Waals surface area contributed by atoms with Crippen LogP contribution in [0, 0.1) is 18.6 Å². The fourth-order valence-electron chi connectivity index (χ4n) is 4.82. The SMILES string of the molecule is CNC(=O)[C@@]1(OCc2cccc(C)c2)CC(OCc2c(F)cccc2F)[C@@H]2OC(C)(C)O[C@@H]2C1. The van der Waals surface area contributed by atoms with Crippen LogP contribution in [0.2, 0.25) is 0 Å². The van der Waals surface area contributed by atoms with Gasteiger partial charge in [-0.1, -0.05) is 35.9 Å². The van der Waals surface area contributed by atoms with Crippen LogP contribution >= 0.6 is 0 Å². The number of hydrogen-bond acceptors (Lipinski definition) is 5. The zero-order valence-electron chi connectivity index (χ0n) is 19.9. The number of carbonyl (C=O) groups excluding carboxylic acids is 1. The highest BCUT2D eigenvalue weighted by Gasteiger charge is 2.57. The van der Waals surface area contributed by atoms with Crippen molar-refractivity contribution in [3.63, 3.8) is 0 Å². The van der Waals surface area contributed by atoms with Gasteiger partial charge in [0.05, 0.1) is 25.4 Å². The van der Waals surface area contributed by atoms with Gasteiger partial charge in [0.15, 0.2) is 11.4 Å². The van der Waals surface area contributed by atoms with E-state index in [1.54, 1.807) is 20.9 Å². The van der Waals surface area contributed by atoms with Gasteiger partial charge in [0.1, 0.15) is 17.7 Å². The number of nitrogens with one attached hydrogen (secondary N) is 1. The number of fused-ring (bicyclic) bond motifs is 1. The number of ether oxygens (including phenoxy) is 4. The quantitative estimate of drug-likeness (QED) is 0.651. The average molecular weight is 476 g/mol. The number of rotatable bonds is 7. The summed E-state index contributed by atoms with van der Waals surface area (Å²) in [5, 5.41) is 2.70. The summed E-state index contributed by atoms with van der Waals surface area (Å²) >= 11 is 0. The molecule has 1 N–H and O–H groups in total. The first-order chi connectivity index (χ1) is 16.1. The normalized spacial score (nSPS) is 27.9. The topological polar surface area (TPSA) is 66.0 Å². The van der Waals surface area contributed by atoms with Crippen molar-refractivity contribution in [2.45, 2.75) is 76.5 Å². The van der Waals surface area contributed by atoms with Gasteiger partial charge in [0.25, 0.3) is 5.91 Å². The van der Waals surface area contributed by atoms with Crippen LogP contribution in [-0.4, -0.2) is 42.7 Å². The molecule has 6 nitrogen and oxygen atoms in total. The summed E-state index contributed by atoms with van der Waals surface area (Å²) < 4.78 is 52.9. The molecule has 0 spiro atoms. The fraction of sp³-hybridized carbons (Fsp3) is 0.500. The van der Waals surface area contributed by atoms with E-state index in [9.17, 15) is 13.6 Å². The summed E-state index contributed by atoms with van der Waals surface area (Å²) in [5.41, 5.74) is 0.581. The van der Waals surface area contributed by atoms with Crippen LogP contribution in [0.25, 0.3) is 0 Å². The lowest BCUT2D eigenvalue weighted by atomic mass is 9.78. The highest BCUT2D eigenvalue weighted by atomic mass is 19.1. The second kappa shape index (κ2) is 9.70. The van der Waals surface area contributed by atoms with E-state index in [2.05, 4.69) is 5.32 Å². The molecule has 2 aromatic rings. The van der Waals surface area contributed by atoms with Crippen LogP contribution in [0.3, 0.4) is 0 Å². The third-order valence-corrected chi connectivity index (χ3v) is 6.39. The Hall–Kier alpha value is -2.39. The molecule has 0 radical (unpaired) electrons. The smallest absolute Gasteiger partial charge is 0.252 e. The lowest BCUT2D eigenvalue weighted by molar-refractivity contribution is -0.183. The Labute approximate surface area is 198 Å². The maximum absolute atomic E-state index is 14.2. The van der Waals surface area contributed by atoms with Gasteiger partial charge >= 0.3 is 0 Å². The van der Waals surface area contributed by atoms with Gasteiger partial charge in [-0.15, -0.1) is 0 Å². The van der Waals surface area contributed by atoms with Crippen LogP contribution in [0.1, 0.15) is 43.4 Å². The molecule has 1 aliphatic carbocycles. The molecule has 2 fully saturated rings. The standard InChI is InChI=1S/C26H31F2NO5/c1-16-7-5-8-17(11-16)14-32-26(24(30)29-4)12-21(23-22(13-26)33-25(2,3)34-23)31-15-18-19(27)9-6-10-20(18)28/h5-11,21-23H,12-15H2,1-4H3,(H,29,30)/t21?,22-,23+,26-/m1/s1. The molecule has 4 rings (SSSR count). The molecule has 2 aromatic carbocycles. The number of halogens is 2. The Morgan fingerprint density at radius 1 is 1.09 bits per heavy atom. The lowest BCUT2D eigenvalue weighted by Crippen LogP contribution is -2.59. The number of benzene rings is 2. The van der Waals surface area contributed by atoms with E-state index in [1.165, 1.54) is 18.2 Å². The first kappa shape index (κ1) is 24.7. The van der Waals surface area contributed by atoms with E-state index < -0.39 is 41.3 Å². The predicted molar refractivity (Wildman–Crippen MR) is 121 cm³/mol. The highest BCUT2D eigenvalue weighted by Crippen LogP contribution is 2.44. The number of amides is 1. The summed E-state index contributed by atoms with van der Waals surface area (Å²) in [7, 11) is 1.55. The predicted octanol–water partition coefficient (Wildman–Crippen LogP) is 4.17. The van der Waals surface area contributed by atoms with Crippen molar-refractivity contribution in [3.8, 4) is 0 Å². The monoisotopic (exact) mass is 475 g/mol. The van der Waals surface area contributed by atoms with Crippen LogP contribution in [0.15, 0.2) is 42.5 Å². The van der Waals surface area contributed by atoms with Gasteiger partial charge in [0.2, 0.25) is 0 Å².